The molecule has 0 amide bonds. The molecule has 0 spiro atoms. The third-order valence-electron chi connectivity index (χ3n) is 7.12. The van der Waals surface area contributed by atoms with Crippen LogP contribution in [0.3, 0.4) is 0 Å². The monoisotopic (exact) mass is 443 g/mol. The van der Waals surface area contributed by atoms with E-state index in [4.69, 9.17) is 4.74 Å². The number of halogens is 3. The molecule has 168 valence electrons. The molecule has 1 N–H and O–H groups in total. The van der Waals surface area contributed by atoms with Crippen molar-refractivity contribution in [1.29, 1.82) is 0 Å². The number of ketones is 1. The van der Waals surface area contributed by atoms with E-state index in [-0.39, 0.29) is 23.7 Å². The molecule has 2 bridgehead atoms. The van der Waals surface area contributed by atoms with Crippen LogP contribution < -0.4 is 0 Å². The topological polar surface area (TPSA) is 59.4 Å². The first-order chi connectivity index (χ1) is 15.0. The van der Waals surface area contributed by atoms with Crippen molar-refractivity contribution >= 4 is 11.4 Å². The second kappa shape index (κ2) is 6.91. The standard InChI is InChI=1S/C25H24F3NO3/c1-10-5-12(3)17(13(4)6-10)19-22(30)18-16-8-14(24(32-16)20(18)23(19)31)21-15(25(26,27)28)7-11(2)9-29-21/h5-7,9,14,16,18,20,24,31H,8H2,1-4H3/t14-,16-,18-,20+,24+/m0/s1. The molecule has 1 aromatic carbocycles. The summed E-state index contributed by atoms with van der Waals surface area (Å²) in [5.41, 5.74) is 3.44. The Morgan fingerprint density at radius 1 is 1.03 bits per heavy atom. The molecule has 5 rings (SSSR count). The summed E-state index contributed by atoms with van der Waals surface area (Å²) in [7, 11) is 0. The molecule has 0 unspecified atom stereocenters. The van der Waals surface area contributed by atoms with Gasteiger partial charge in [-0.05, 0) is 62.4 Å². The average molecular weight is 443 g/mol. The third-order valence-corrected chi connectivity index (χ3v) is 7.12. The number of aliphatic hydroxyl groups excluding tert-OH is 1. The quantitative estimate of drug-likeness (QED) is 0.678. The third kappa shape index (κ3) is 2.94. The number of carbonyl (C=O) groups is 1. The van der Waals surface area contributed by atoms with Crippen molar-refractivity contribution in [2.45, 2.75) is 58.4 Å². The summed E-state index contributed by atoms with van der Waals surface area (Å²) in [6.07, 6.45) is -4.08. The van der Waals surface area contributed by atoms with Gasteiger partial charge in [-0.1, -0.05) is 17.7 Å². The minimum atomic E-state index is -4.54. The highest BCUT2D eigenvalue weighted by Gasteiger charge is 2.63. The van der Waals surface area contributed by atoms with Gasteiger partial charge in [0, 0.05) is 12.1 Å². The van der Waals surface area contributed by atoms with Crippen LogP contribution in [0.2, 0.25) is 0 Å². The van der Waals surface area contributed by atoms with Crippen LogP contribution in [-0.4, -0.2) is 28.1 Å². The number of fused-ring (bicyclic) bond motifs is 5. The van der Waals surface area contributed by atoms with E-state index in [2.05, 4.69) is 4.98 Å². The number of Topliss-reactive ketones (excluding diaryl/α,β-unsaturated/α-hetero) is 1. The largest absolute Gasteiger partial charge is 0.511 e. The number of benzene rings is 1. The minimum absolute atomic E-state index is 0.0621. The van der Waals surface area contributed by atoms with Gasteiger partial charge in [0.15, 0.2) is 5.78 Å². The number of aliphatic hydroxyl groups is 1. The highest BCUT2D eigenvalue weighted by atomic mass is 19.4. The SMILES string of the molecule is Cc1cc(C)c(C2=C(O)[C@@H]3[C@@H]4O[C@@H](C[C@H]4c4ncc(C)cc4C(F)(F)F)[C@@H]3C2=O)c(C)c1. The predicted octanol–water partition coefficient (Wildman–Crippen LogP) is 5.37. The number of aryl methyl sites for hydroxylation is 4. The zero-order valence-electron chi connectivity index (χ0n) is 18.2. The number of aromatic nitrogens is 1. The lowest BCUT2D eigenvalue weighted by Gasteiger charge is -2.28. The molecule has 1 aliphatic carbocycles. The molecule has 5 atom stereocenters. The van der Waals surface area contributed by atoms with Crippen molar-refractivity contribution in [3.63, 3.8) is 0 Å². The molecular formula is C25H24F3NO3. The van der Waals surface area contributed by atoms with Gasteiger partial charge in [0.1, 0.15) is 5.76 Å². The van der Waals surface area contributed by atoms with Crippen LogP contribution in [0.25, 0.3) is 5.57 Å². The van der Waals surface area contributed by atoms with Crippen molar-refractivity contribution in [2.75, 3.05) is 0 Å². The Balaban J connectivity index is 1.59. The molecule has 4 nitrogen and oxygen atoms in total. The van der Waals surface area contributed by atoms with Gasteiger partial charge in [0.05, 0.1) is 40.9 Å². The van der Waals surface area contributed by atoms with Gasteiger partial charge in [0.25, 0.3) is 0 Å². The number of hydrogen-bond donors (Lipinski definition) is 1. The molecule has 2 aliphatic heterocycles. The Morgan fingerprint density at radius 3 is 2.31 bits per heavy atom. The van der Waals surface area contributed by atoms with Crippen LogP contribution in [0.4, 0.5) is 13.2 Å². The summed E-state index contributed by atoms with van der Waals surface area (Å²) >= 11 is 0. The van der Waals surface area contributed by atoms with Crippen molar-refractivity contribution in [3.8, 4) is 0 Å². The molecule has 2 aromatic rings. The zero-order valence-corrected chi connectivity index (χ0v) is 18.2. The van der Waals surface area contributed by atoms with Crippen LogP contribution in [0.15, 0.2) is 30.2 Å². The molecule has 2 saturated heterocycles. The molecule has 32 heavy (non-hydrogen) atoms. The van der Waals surface area contributed by atoms with Crippen molar-refractivity contribution in [1.82, 2.24) is 4.98 Å². The highest BCUT2D eigenvalue weighted by Crippen LogP contribution is 2.59. The first-order valence-corrected chi connectivity index (χ1v) is 10.7. The van der Waals surface area contributed by atoms with E-state index in [1.807, 2.05) is 32.9 Å². The maximum absolute atomic E-state index is 13.7. The van der Waals surface area contributed by atoms with Crippen LogP contribution in [0.5, 0.6) is 0 Å². The molecule has 0 radical (unpaired) electrons. The Bertz CT molecular complexity index is 1160. The number of carbonyl (C=O) groups excluding carboxylic acids is 1. The fourth-order valence-corrected chi connectivity index (χ4v) is 6.05. The molecule has 7 heteroatoms. The molecular weight excluding hydrogens is 419 g/mol. The van der Waals surface area contributed by atoms with E-state index in [1.54, 1.807) is 6.92 Å². The van der Waals surface area contributed by atoms with Gasteiger partial charge in [-0.15, -0.1) is 0 Å². The minimum Gasteiger partial charge on any atom is -0.511 e. The number of rotatable bonds is 2. The van der Waals surface area contributed by atoms with Gasteiger partial charge in [0.2, 0.25) is 0 Å². The first kappa shape index (κ1) is 21.2. The predicted molar refractivity (Wildman–Crippen MR) is 112 cm³/mol. The maximum Gasteiger partial charge on any atom is 0.418 e. The lowest BCUT2D eigenvalue weighted by atomic mass is 9.73. The Hall–Kier alpha value is -2.67. The van der Waals surface area contributed by atoms with E-state index in [0.29, 0.717) is 16.7 Å². The molecule has 1 aromatic heterocycles. The normalized spacial score (nSPS) is 29.2. The number of ether oxygens (including phenoxy) is 1. The lowest BCUT2D eigenvalue weighted by molar-refractivity contribution is -0.139. The summed E-state index contributed by atoms with van der Waals surface area (Å²) in [5, 5.41) is 11.2. The first-order valence-electron chi connectivity index (χ1n) is 10.7. The van der Waals surface area contributed by atoms with E-state index in [1.165, 1.54) is 6.20 Å². The number of alkyl halides is 3. The van der Waals surface area contributed by atoms with Gasteiger partial charge in [-0.25, -0.2) is 0 Å². The number of hydrogen-bond acceptors (Lipinski definition) is 4. The maximum atomic E-state index is 13.7. The summed E-state index contributed by atoms with van der Waals surface area (Å²) in [6.45, 7) is 7.34. The molecule has 3 heterocycles. The fraction of sp³-hybridized carbons (Fsp3) is 0.440. The second-order valence-electron chi connectivity index (χ2n) is 9.37. The van der Waals surface area contributed by atoms with E-state index in [0.717, 1.165) is 22.8 Å². The van der Waals surface area contributed by atoms with Gasteiger partial charge in [-0.2, -0.15) is 13.2 Å². The summed E-state index contributed by atoms with van der Waals surface area (Å²) in [4.78, 5) is 17.5. The second-order valence-corrected chi connectivity index (χ2v) is 9.37. The molecule has 3 aliphatic rings. The van der Waals surface area contributed by atoms with E-state index in [9.17, 15) is 23.1 Å². The summed E-state index contributed by atoms with van der Waals surface area (Å²) < 4.78 is 47.2. The van der Waals surface area contributed by atoms with Crippen molar-refractivity contribution in [2.24, 2.45) is 11.8 Å². The summed E-state index contributed by atoms with van der Waals surface area (Å²) in [6, 6.07) is 5.03. The van der Waals surface area contributed by atoms with Gasteiger partial charge in [-0.3, -0.25) is 9.78 Å². The number of pyridine rings is 1. The smallest absolute Gasteiger partial charge is 0.418 e. The van der Waals surface area contributed by atoms with Crippen molar-refractivity contribution < 1.29 is 27.8 Å². The Kier molecular flexibility index (Phi) is 4.58. The fourth-order valence-electron chi connectivity index (χ4n) is 6.05. The number of allylic oxidation sites excluding steroid dienone is 1. The van der Waals surface area contributed by atoms with Gasteiger partial charge >= 0.3 is 6.18 Å². The average Bonchev–Trinajstić information content (AvgIpc) is 3.34. The van der Waals surface area contributed by atoms with E-state index >= 15 is 0 Å². The van der Waals surface area contributed by atoms with E-state index < -0.39 is 41.7 Å². The zero-order chi connectivity index (χ0) is 23.1. The van der Waals surface area contributed by atoms with Crippen LogP contribution in [0.1, 0.15) is 51.4 Å². The van der Waals surface area contributed by atoms with Crippen LogP contribution >= 0.6 is 0 Å². The Labute approximate surface area is 184 Å². The van der Waals surface area contributed by atoms with Crippen LogP contribution in [0, 0.1) is 39.5 Å². The summed E-state index contributed by atoms with van der Waals surface area (Å²) in [5.74, 6) is -2.08. The number of nitrogens with zero attached hydrogens (tertiary/aromatic N) is 1. The Morgan fingerprint density at radius 2 is 1.69 bits per heavy atom. The lowest BCUT2D eigenvalue weighted by Crippen LogP contribution is -2.34. The van der Waals surface area contributed by atoms with Crippen LogP contribution in [-0.2, 0) is 15.7 Å². The van der Waals surface area contributed by atoms with Crippen molar-refractivity contribution in [3.05, 3.63) is 69.2 Å². The molecule has 0 saturated carbocycles. The highest BCUT2D eigenvalue weighted by molar-refractivity contribution is 6.26. The van der Waals surface area contributed by atoms with Gasteiger partial charge < -0.3 is 9.84 Å². The molecule has 2 fully saturated rings.